The van der Waals surface area contributed by atoms with Crippen molar-refractivity contribution >= 4 is 23.2 Å². The van der Waals surface area contributed by atoms with Gasteiger partial charge in [0.1, 0.15) is 5.69 Å². The average molecular weight is 389 g/mol. The number of pyridine rings is 1. The van der Waals surface area contributed by atoms with Crippen LogP contribution in [-0.2, 0) is 11.2 Å². The molecule has 0 bridgehead atoms. The summed E-state index contributed by atoms with van der Waals surface area (Å²) < 4.78 is 5.34. The fourth-order valence-electron chi connectivity index (χ4n) is 2.88. The zero-order chi connectivity index (χ0) is 18.9. The Morgan fingerprint density at radius 3 is 2.59 bits per heavy atom. The monoisotopic (exact) mass is 388 g/mol. The van der Waals surface area contributed by atoms with Crippen molar-refractivity contribution in [2.45, 2.75) is 6.42 Å². The smallest absolute Gasteiger partial charge is 0.269 e. The number of hydrogen-bond acceptors (Lipinski definition) is 5. The van der Waals surface area contributed by atoms with Crippen LogP contribution in [0.1, 0.15) is 16.1 Å². The highest BCUT2D eigenvalue weighted by Crippen LogP contribution is 2.10. The van der Waals surface area contributed by atoms with Crippen molar-refractivity contribution in [2.24, 2.45) is 0 Å². The summed E-state index contributed by atoms with van der Waals surface area (Å²) in [6.45, 7) is 5.95. The zero-order valence-corrected chi connectivity index (χ0v) is 16.0. The van der Waals surface area contributed by atoms with Crippen LogP contribution >= 0.6 is 11.6 Å². The van der Waals surface area contributed by atoms with Crippen LogP contribution in [-0.4, -0.2) is 61.7 Å². The summed E-state index contributed by atoms with van der Waals surface area (Å²) in [6.07, 6.45) is 2.46. The fourth-order valence-corrected chi connectivity index (χ4v) is 3.00. The lowest BCUT2D eigenvalue weighted by molar-refractivity contribution is 0.0398. The van der Waals surface area contributed by atoms with E-state index in [0.717, 1.165) is 57.1 Å². The molecule has 1 aliphatic rings. The SMILES string of the molecule is O=C(NCCc1ccc(Cl)cc1)c1ccc(NCCN2CCOCC2)cn1. The Kier molecular flexibility index (Phi) is 7.45. The van der Waals surface area contributed by atoms with E-state index in [2.05, 4.69) is 20.5 Å². The number of halogens is 1. The molecule has 0 saturated carbocycles. The Balaban J connectivity index is 1.38. The molecule has 1 fully saturated rings. The minimum absolute atomic E-state index is 0.163. The largest absolute Gasteiger partial charge is 0.383 e. The molecular formula is C20H25ClN4O2. The van der Waals surface area contributed by atoms with E-state index in [9.17, 15) is 4.79 Å². The first-order chi connectivity index (χ1) is 13.2. The second-order valence-electron chi connectivity index (χ2n) is 6.45. The van der Waals surface area contributed by atoms with Crippen molar-refractivity contribution in [1.82, 2.24) is 15.2 Å². The van der Waals surface area contributed by atoms with E-state index in [1.807, 2.05) is 30.3 Å². The van der Waals surface area contributed by atoms with Crippen molar-refractivity contribution in [3.63, 3.8) is 0 Å². The van der Waals surface area contributed by atoms with Gasteiger partial charge in [0.05, 0.1) is 25.1 Å². The Morgan fingerprint density at radius 1 is 1.11 bits per heavy atom. The van der Waals surface area contributed by atoms with Crippen LogP contribution in [0.5, 0.6) is 0 Å². The molecule has 0 atom stereocenters. The summed E-state index contributed by atoms with van der Waals surface area (Å²) in [4.78, 5) is 18.8. The first-order valence-corrected chi connectivity index (χ1v) is 9.61. The number of nitrogens with one attached hydrogen (secondary N) is 2. The summed E-state index contributed by atoms with van der Waals surface area (Å²) in [7, 11) is 0. The predicted octanol–water partition coefficient (Wildman–Crippen LogP) is 2.45. The Labute approximate surface area is 164 Å². The van der Waals surface area contributed by atoms with Crippen LogP contribution in [0.25, 0.3) is 0 Å². The van der Waals surface area contributed by atoms with E-state index < -0.39 is 0 Å². The van der Waals surface area contributed by atoms with Crippen LogP contribution in [0, 0.1) is 0 Å². The summed E-state index contributed by atoms with van der Waals surface area (Å²) >= 11 is 5.87. The van der Waals surface area contributed by atoms with Crippen molar-refractivity contribution in [3.05, 3.63) is 58.9 Å². The predicted molar refractivity (Wildman–Crippen MR) is 107 cm³/mol. The van der Waals surface area contributed by atoms with Gasteiger partial charge in [-0.05, 0) is 36.2 Å². The lowest BCUT2D eigenvalue weighted by Gasteiger charge is -2.26. The molecule has 1 aromatic carbocycles. The first kappa shape index (κ1) is 19.6. The van der Waals surface area contributed by atoms with Gasteiger partial charge in [-0.2, -0.15) is 0 Å². The number of benzene rings is 1. The molecule has 3 rings (SSSR count). The molecule has 0 spiro atoms. The molecule has 1 aromatic heterocycles. The molecule has 2 N–H and O–H groups in total. The maximum atomic E-state index is 12.2. The van der Waals surface area contributed by atoms with E-state index >= 15 is 0 Å². The molecule has 1 saturated heterocycles. The van der Waals surface area contributed by atoms with Gasteiger partial charge < -0.3 is 15.4 Å². The number of anilines is 1. The number of hydrogen-bond donors (Lipinski definition) is 2. The maximum Gasteiger partial charge on any atom is 0.269 e. The van der Waals surface area contributed by atoms with Crippen molar-refractivity contribution in [1.29, 1.82) is 0 Å². The van der Waals surface area contributed by atoms with Gasteiger partial charge in [-0.25, -0.2) is 4.98 Å². The number of aromatic nitrogens is 1. The second kappa shape index (κ2) is 10.3. The van der Waals surface area contributed by atoms with Gasteiger partial charge in [0.15, 0.2) is 0 Å². The van der Waals surface area contributed by atoms with Gasteiger partial charge in [-0.1, -0.05) is 23.7 Å². The molecule has 2 aromatic rings. The second-order valence-corrected chi connectivity index (χ2v) is 6.88. The van der Waals surface area contributed by atoms with Crippen molar-refractivity contribution in [3.8, 4) is 0 Å². The Bertz CT molecular complexity index is 716. The minimum atomic E-state index is -0.163. The quantitative estimate of drug-likeness (QED) is 0.727. The number of nitrogens with zero attached hydrogens (tertiary/aromatic N) is 2. The number of amides is 1. The van der Waals surface area contributed by atoms with E-state index in [1.54, 1.807) is 12.3 Å². The van der Waals surface area contributed by atoms with E-state index in [4.69, 9.17) is 16.3 Å². The van der Waals surface area contributed by atoms with Gasteiger partial charge in [-0.15, -0.1) is 0 Å². The zero-order valence-electron chi connectivity index (χ0n) is 15.3. The van der Waals surface area contributed by atoms with Crippen molar-refractivity contribution < 1.29 is 9.53 Å². The summed E-state index contributed by atoms with van der Waals surface area (Å²) in [5.74, 6) is -0.163. The summed E-state index contributed by atoms with van der Waals surface area (Å²) in [5, 5.41) is 6.95. The molecule has 27 heavy (non-hydrogen) atoms. The number of rotatable bonds is 8. The first-order valence-electron chi connectivity index (χ1n) is 9.23. The molecule has 0 radical (unpaired) electrons. The molecule has 0 aliphatic carbocycles. The highest BCUT2D eigenvalue weighted by molar-refractivity contribution is 6.30. The van der Waals surface area contributed by atoms with E-state index in [1.165, 1.54) is 0 Å². The molecule has 0 unspecified atom stereocenters. The molecule has 6 nitrogen and oxygen atoms in total. The van der Waals surface area contributed by atoms with Crippen LogP contribution in [0.2, 0.25) is 5.02 Å². The van der Waals surface area contributed by atoms with E-state index in [0.29, 0.717) is 17.3 Å². The number of carbonyl (C=O) groups is 1. The topological polar surface area (TPSA) is 66.5 Å². The molecule has 1 aliphatic heterocycles. The third kappa shape index (κ3) is 6.50. The standard InChI is InChI=1S/C20H25ClN4O2/c21-17-3-1-16(2-4-17)7-8-23-20(26)19-6-5-18(15-24-19)22-9-10-25-11-13-27-14-12-25/h1-6,15,22H,7-14H2,(H,23,26). The number of carbonyl (C=O) groups excluding carboxylic acids is 1. The van der Waals surface area contributed by atoms with Crippen LogP contribution < -0.4 is 10.6 Å². The maximum absolute atomic E-state index is 12.2. The van der Waals surface area contributed by atoms with Crippen molar-refractivity contribution in [2.75, 3.05) is 51.3 Å². The highest BCUT2D eigenvalue weighted by Gasteiger charge is 2.10. The van der Waals surface area contributed by atoms with Gasteiger partial charge >= 0.3 is 0 Å². The molecule has 1 amide bonds. The van der Waals surface area contributed by atoms with Crippen LogP contribution in [0.15, 0.2) is 42.6 Å². The molecule has 144 valence electrons. The molecule has 2 heterocycles. The molecule has 7 heteroatoms. The number of morpholine rings is 1. The van der Waals surface area contributed by atoms with Crippen LogP contribution in [0.3, 0.4) is 0 Å². The third-order valence-electron chi connectivity index (χ3n) is 4.47. The van der Waals surface area contributed by atoms with Gasteiger partial charge in [-0.3, -0.25) is 9.69 Å². The lowest BCUT2D eigenvalue weighted by atomic mass is 10.1. The van der Waals surface area contributed by atoms with Gasteiger partial charge in [0, 0.05) is 37.7 Å². The Hall–Kier alpha value is -2.15. The average Bonchev–Trinajstić information content (AvgIpc) is 2.71. The van der Waals surface area contributed by atoms with E-state index in [-0.39, 0.29) is 5.91 Å². The number of ether oxygens (including phenoxy) is 1. The fraction of sp³-hybridized carbons (Fsp3) is 0.400. The van der Waals surface area contributed by atoms with Gasteiger partial charge in [0.25, 0.3) is 5.91 Å². The summed E-state index contributed by atoms with van der Waals surface area (Å²) in [5.41, 5.74) is 2.47. The highest BCUT2D eigenvalue weighted by atomic mass is 35.5. The third-order valence-corrected chi connectivity index (χ3v) is 4.72. The van der Waals surface area contributed by atoms with Gasteiger partial charge in [0.2, 0.25) is 0 Å². The normalized spacial score (nSPS) is 14.7. The van der Waals surface area contributed by atoms with Crippen LogP contribution in [0.4, 0.5) is 5.69 Å². The minimum Gasteiger partial charge on any atom is -0.383 e. The lowest BCUT2D eigenvalue weighted by Crippen LogP contribution is -2.39. The molecular weight excluding hydrogens is 364 g/mol. The Morgan fingerprint density at radius 2 is 1.89 bits per heavy atom. The summed E-state index contributed by atoms with van der Waals surface area (Å²) in [6, 6.07) is 11.3.